The molecule has 76 valence electrons. The fraction of sp³-hybridized carbons (Fsp3) is 0.714. The van der Waals surface area contributed by atoms with Crippen molar-refractivity contribution in [1.82, 2.24) is 5.43 Å². The quantitative estimate of drug-likeness (QED) is 0.191. The lowest BCUT2D eigenvalue weighted by Gasteiger charge is -2.11. The van der Waals surface area contributed by atoms with E-state index in [2.05, 4.69) is 12.6 Å². The molecule has 0 rings (SSSR count). The molecule has 0 radical (unpaired) electrons. The minimum atomic E-state index is -0.547. The highest BCUT2D eigenvalue weighted by atomic mass is 32.1. The summed E-state index contributed by atoms with van der Waals surface area (Å²) in [7, 11) is 0. The Morgan fingerprint density at radius 1 is 1.54 bits per heavy atom. The third kappa shape index (κ3) is 4.87. The standard InChI is InChI=1S/C7H14N2O3S/c8-9-7(12)5(1-2-10)3-6(11)4-13/h5,10,13H,1-4,8H2,(H,9,12). The number of hydrazine groups is 1. The molecule has 0 aromatic heterocycles. The molecule has 0 bridgehead atoms. The van der Waals surface area contributed by atoms with Crippen molar-refractivity contribution in [3.05, 3.63) is 0 Å². The minimum absolute atomic E-state index is 0.0765. The Kier molecular flexibility index (Phi) is 6.56. The molecule has 1 amide bonds. The number of nitrogens with two attached hydrogens (primary N) is 1. The molecule has 1 atom stereocenters. The number of hydrogen-bond donors (Lipinski definition) is 4. The Morgan fingerprint density at radius 2 is 2.15 bits per heavy atom. The first kappa shape index (κ1) is 12.4. The summed E-state index contributed by atoms with van der Waals surface area (Å²) in [6.07, 6.45) is 0.315. The Balaban J connectivity index is 4.08. The summed E-state index contributed by atoms with van der Waals surface area (Å²) in [5, 5.41) is 8.62. The van der Waals surface area contributed by atoms with Crippen LogP contribution in [0.4, 0.5) is 0 Å². The predicted octanol–water partition coefficient (Wildman–Crippen LogP) is -1.14. The molecule has 5 nitrogen and oxygen atoms in total. The number of carbonyl (C=O) groups excluding carboxylic acids is 2. The van der Waals surface area contributed by atoms with Crippen LogP contribution in [-0.2, 0) is 9.59 Å². The van der Waals surface area contributed by atoms with E-state index in [0.29, 0.717) is 0 Å². The van der Waals surface area contributed by atoms with Gasteiger partial charge in [0.25, 0.3) is 0 Å². The third-order valence-corrected chi connectivity index (χ3v) is 1.99. The average molecular weight is 206 g/mol. The number of thiol groups is 1. The first-order chi connectivity index (χ1) is 6.15. The van der Waals surface area contributed by atoms with E-state index in [4.69, 9.17) is 10.9 Å². The number of amides is 1. The number of nitrogens with one attached hydrogen (secondary N) is 1. The second-order valence-corrected chi connectivity index (χ2v) is 2.93. The van der Waals surface area contributed by atoms with Crippen molar-refractivity contribution < 1.29 is 14.7 Å². The average Bonchev–Trinajstić information content (AvgIpc) is 2.15. The number of rotatable bonds is 6. The maximum Gasteiger partial charge on any atom is 0.237 e. The molecule has 0 spiro atoms. The van der Waals surface area contributed by atoms with Crippen LogP contribution in [-0.4, -0.2) is 29.2 Å². The van der Waals surface area contributed by atoms with Crippen molar-refractivity contribution in [3.8, 4) is 0 Å². The SMILES string of the molecule is NNC(=O)C(CCO)CC(=O)CS. The largest absolute Gasteiger partial charge is 0.396 e. The summed E-state index contributed by atoms with van der Waals surface area (Å²) < 4.78 is 0. The molecule has 13 heavy (non-hydrogen) atoms. The molecule has 0 aromatic carbocycles. The molecular formula is C7H14N2O3S. The van der Waals surface area contributed by atoms with Crippen LogP contribution in [0.3, 0.4) is 0 Å². The van der Waals surface area contributed by atoms with Gasteiger partial charge in [0.05, 0.1) is 0 Å². The number of Topliss-reactive ketones (excluding diaryl/α,β-unsaturated/α-hetero) is 1. The topological polar surface area (TPSA) is 92.4 Å². The van der Waals surface area contributed by atoms with Gasteiger partial charge in [-0.2, -0.15) is 12.6 Å². The molecule has 0 fully saturated rings. The fourth-order valence-electron chi connectivity index (χ4n) is 0.939. The summed E-state index contributed by atoms with van der Waals surface area (Å²) in [5.41, 5.74) is 1.95. The monoisotopic (exact) mass is 206 g/mol. The van der Waals surface area contributed by atoms with E-state index in [0.717, 1.165) is 0 Å². The van der Waals surface area contributed by atoms with Gasteiger partial charge < -0.3 is 5.11 Å². The number of hydrogen-bond acceptors (Lipinski definition) is 5. The molecule has 0 aliphatic heterocycles. The number of aliphatic hydroxyl groups excluding tert-OH is 1. The van der Waals surface area contributed by atoms with E-state index in [9.17, 15) is 9.59 Å². The highest BCUT2D eigenvalue weighted by molar-refractivity contribution is 7.81. The molecule has 0 aliphatic carbocycles. The zero-order valence-corrected chi connectivity index (χ0v) is 8.09. The van der Waals surface area contributed by atoms with Gasteiger partial charge in [-0.05, 0) is 6.42 Å². The zero-order valence-electron chi connectivity index (χ0n) is 7.19. The minimum Gasteiger partial charge on any atom is -0.396 e. The van der Waals surface area contributed by atoms with Crippen LogP contribution >= 0.6 is 12.6 Å². The summed E-state index contributed by atoms with van der Waals surface area (Å²) >= 11 is 3.78. The Labute approximate surface area is 82.1 Å². The van der Waals surface area contributed by atoms with E-state index in [1.54, 1.807) is 0 Å². The highest BCUT2D eigenvalue weighted by Gasteiger charge is 2.19. The van der Waals surface area contributed by atoms with Gasteiger partial charge in [0, 0.05) is 24.7 Å². The van der Waals surface area contributed by atoms with Crippen LogP contribution in [0, 0.1) is 5.92 Å². The van der Waals surface area contributed by atoms with Crippen molar-refractivity contribution in [2.75, 3.05) is 12.4 Å². The van der Waals surface area contributed by atoms with Gasteiger partial charge in [-0.3, -0.25) is 15.0 Å². The van der Waals surface area contributed by atoms with Crippen LogP contribution in [0.5, 0.6) is 0 Å². The van der Waals surface area contributed by atoms with Gasteiger partial charge in [-0.25, -0.2) is 5.84 Å². The zero-order chi connectivity index (χ0) is 10.3. The third-order valence-electron chi connectivity index (χ3n) is 1.64. The number of ketones is 1. The van der Waals surface area contributed by atoms with Crippen LogP contribution in [0.25, 0.3) is 0 Å². The smallest absolute Gasteiger partial charge is 0.237 e. The molecule has 0 aromatic rings. The molecule has 6 heteroatoms. The predicted molar refractivity (Wildman–Crippen MR) is 51.0 cm³/mol. The first-order valence-electron chi connectivity index (χ1n) is 3.89. The van der Waals surface area contributed by atoms with E-state index in [1.807, 2.05) is 5.43 Å². The van der Waals surface area contributed by atoms with Crippen molar-refractivity contribution in [2.24, 2.45) is 11.8 Å². The van der Waals surface area contributed by atoms with Crippen LogP contribution in [0.2, 0.25) is 0 Å². The molecule has 0 saturated heterocycles. The number of aliphatic hydroxyl groups is 1. The lowest BCUT2D eigenvalue weighted by Crippen LogP contribution is -2.37. The Hall–Kier alpha value is -0.590. The molecule has 0 heterocycles. The second-order valence-electron chi connectivity index (χ2n) is 2.62. The van der Waals surface area contributed by atoms with Gasteiger partial charge in [-0.15, -0.1) is 0 Å². The normalized spacial score (nSPS) is 12.2. The van der Waals surface area contributed by atoms with E-state index in [-0.39, 0.29) is 31.0 Å². The van der Waals surface area contributed by atoms with Crippen LogP contribution in [0.1, 0.15) is 12.8 Å². The van der Waals surface area contributed by atoms with Gasteiger partial charge in [0.2, 0.25) is 5.91 Å². The maximum absolute atomic E-state index is 11.0. The maximum atomic E-state index is 11.0. The van der Waals surface area contributed by atoms with Crippen LogP contribution < -0.4 is 11.3 Å². The molecule has 4 N–H and O–H groups in total. The van der Waals surface area contributed by atoms with Crippen molar-refractivity contribution in [2.45, 2.75) is 12.8 Å². The van der Waals surface area contributed by atoms with Crippen molar-refractivity contribution in [1.29, 1.82) is 0 Å². The van der Waals surface area contributed by atoms with Crippen molar-refractivity contribution in [3.63, 3.8) is 0 Å². The fourth-order valence-corrected chi connectivity index (χ4v) is 1.07. The van der Waals surface area contributed by atoms with E-state index >= 15 is 0 Å². The first-order valence-corrected chi connectivity index (χ1v) is 4.52. The number of carbonyl (C=O) groups is 2. The molecular weight excluding hydrogens is 192 g/mol. The molecule has 1 unspecified atom stereocenters. The highest BCUT2D eigenvalue weighted by Crippen LogP contribution is 2.09. The summed E-state index contributed by atoms with van der Waals surface area (Å²) in [6, 6.07) is 0. The Bertz CT molecular complexity index is 187. The molecule has 0 saturated carbocycles. The lowest BCUT2D eigenvalue weighted by molar-refractivity contribution is -0.129. The van der Waals surface area contributed by atoms with Crippen LogP contribution in [0.15, 0.2) is 0 Å². The van der Waals surface area contributed by atoms with Gasteiger partial charge in [0.1, 0.15) is 5.78 Å². The Morgan fingerprint density at radius 3 is 2.54 bits per heavy atom. The van der Waals surface area contributed by atoms with Gasteiger partial charge in [-0.1, -0.05) is 0 Å². The van der Waals surface area contributed by atoms with Crippen molar-refractivity contribution >= 4 is 24.3 Å². The van der Waals surface area contributed by atoms with E-state index in [1.165, 1.54) is 0 Å². The van der Waals surface area contributed by atoms with Gasteiger partial charge in [0.15, 0.2) is 0 Å². The summed E-state index contributed by atoms with van der Waals surface area (Å²) in [6.45, 7) is -0.141. The lowest BCUT2D eigenvalue weighted by atomic mass is 9.99. The second kappa shape index (κ2) is 6.88. The van der Waals surface area contributed by atoms with E-state index < -0.39 is 11.8 Å². The molecule has 0 aliphatic rings. The summed E-state index contributed by atoms with van der Waals surface area (Å²) in [4.78, 5) is 22.0. The van der Waals surface area contributed by atoms with Gasteiger partial charge >= 0.3 is 0 Å². The summed E-state index contributed by atoms with van der Waals surface area (Å²) in [5.74, 6) is 3.90.